The van der Waals surface area contributed by atoms with Gasteiger partial charge in [0.2, 0.25) is 5.91 Å². The topological polar surface area (TPSA) is 50.7 Å². The number of nitrogens with one attached hydrogen (secondary N) is 1. The van der Waals surface area contributed by atoms with E-state index in [0.717, 1.165) is 14.9 Å². The summed E-state index contributed by atoms with van der Waals surface area (Å²) in [5.41, 5.74) is 3.30. The highest BCUT2D eigenvalue weighted by molar-refractivity contribution is 9.10. The average molecular weight is 428 g/mol. The molecule has 2 aromatic carbocycles. The van der Waals surface area contributed by atoms with Gasteiger partial charge in [-0.25, -0.2) is 5.43 Å². The van der Waals surface area contributed by atoms with Crippen molar-refractivity contribution in [3.8, 4) is 5.75 Å². The second-order valence-electron chi connectivity index (χ2n) is 4.65. The van der Waals surface area contributed by atoms with Crippen LogP contribution in [0.15, 0.2) is 56.9 Å². The highest BCUT2D eigenvalue weighted by Gasteiger charge is 2.04. The van der Waals surface area contributed by atoms with E-state index in [9.17, 15) is 4.79 Å². The van der Waals surface area contributed by atoms with Crippen LogP contribution in [0.25, 0.3) is 0 Å². The van der Waals surface area contributed by atoms with Crippen molar-refractivity contribution < 1.29 is 9.53 Å². The Labute approximate surface area is 158 Å². The van der Waals surface area contributed by atoms with Gasteiger partial charge in [-0.3, -0.25) is 4.79 Å². The molecule has 0 saturated heterocycles. The van der Waals surface area contributed by atoms with Crippen molar-refractivity contribution in [2.45, 2.75) is 11.8 Å². The summed E-state index contributed by atoms with van der Waals surface area (Å²) < 4.78 is 6.44. The number of hydrazone groups is 1. The van der Waals surface area contributed by atoms with Gasteiger partial charge in [-0.15, -0.1) is 11.8 Å². The fraction of sp³-hybridized carbons (Fsp3) is 0.176. The van der Waals surface area contributed by atoms with Crippen LogP contribution in [0.5, 0.6) is 5.75 Å². The molecule has 0 radical (unpaired) electrons. The minimum absolute atomic E-state index is 0.181. The number of hydrogen-bond acceptors (Lipinski definition) is 4. The van der Waals surface area contributed by atoms with E-state index >= 15 is 0 Å². The standard InChI is InChI=1S/C17H16BrClN2O2S/c1-2-23-16-8-3-13(18)9-12(16)10-20-21-17(22)11-24-15-6-4-14(19)5-7-15/h3-10H,2,11H2,1H3,(H,21,22)/b20-10+. The predicted octanol–water partition coefficient (Wildman–Crippen LogP) is 4.74. The summed E-state index contributed by atoms with van der Waals surface area (Å²) >= 11 is 10.7. The molecule has 0 aliphatic rings. The Morgan fingerprint density at radius 2 is 2.08 bits per heavy atom. The average Bonchev–Trinajstić information content (AvgIpc) is 2.57. The Kier molecular flexibility index (Phi) is 7.62. The maximum Gasteiger partial charge on any atom is 0.250 e. The van der Waals surface area contributed by atoms with E-state index in [-0.39, 0.29) is 11.7 Å². The van der Waals surface area contributed by atoms with E-state index in [0.29, 0.717) is 17.4 Å². The minimum Gasteiger partial charge on any atom is -0.493 e. The van der Waals surface area contributed by atoms with Gasteiger partial charge in [0.1, 0.15) is 5.75 Å². The van der Waals surface area contributed by atoms with Gasteiger partial charge in [-0.2, -0.15) is 5.10 Å². The Balaban J connectivity index is 1.88. The third-order valence-corrected chi connectivity index (χ3v) is 4.61. The molecule has 2 aromatic rings. The van der Waals surface area contributed by atoms with E-state index in [1.54, 1.807) is 18.3 Å². The molecular weight excluding hydrogens is 412 g/mol. The molecule has 1 N–H and O–H groups in total. The molecule has 0 bridgehead atoms. The van der Waals surface area contributed by atoms with Crippen LogP contribution in [0.2, 0.25) is 5.02 Å². The number of carbonyl (C=O) groups excluding carboxylic acids is 1. The van der Waals surface area contributed by atoms with Crippen LogP contribution < -0.4 is 10.2 Å². The smallest absolute Gasteiger partial charge is 0.250 e. The molecule has 0 unspecified atom stereocenters. The molecule has 0 saturated carbocycles. The lowest BCUT2D eigenvalue weighted by Crippen LogP contribution is -2.19. The van der Waals surface area contributed by atoms with Gasteiger partial charge in [0, 0.05) is 20.0 Å². The van der Waals surface area contributed by atoms with Crippen molar-refractivity contribution in [1.82, 2.24) is 5.43 Å². The largest absolute Gasteiger partial charge is 0.493 e. The first-order valence-electron chi connectivity index (χ1n) is 7.21. The van der Waals surface area contributed by atoms with Crippen molar-refractivity contribution in [2.75, 3.05) is 12.4 Å². The Morgan fingerprint density at radius 1 is 1.33 bits per heavy atom. The summed E-state index contributed by atoms with van der Waals surface area (Å²) in [5.74, 6) is 0.809. The van der Waals surface area contributed by atoms with Crippen LogP contribution in [0.3, 0.4) is 0 Å². The molecule has 0 atom stereocenters. The molecule has 0 heterocycles. The zero-order chi connectivity index (χ0) is 17.4. The third kappa shape index (κ3) is 6.19. The van der Waals surface area contributed by atoms with Crippen molar-refractivity contribution in [3.63, 3.8) is 0 Å². The lowest BCUT2D eigenvalue weighted by atomic mass is 10.2. The minimum atomic E-state index is -0.181. The van der Waals surface area contributed by atoms with Gasteiger partial charge in [0.15, 0.2) is 0 Å². The molecule has 7 heteroatoms. The summed E-state index contributed by atoms with van der Waals surface area (Å²) in [6, 6.07) is 13.0. The van der Waals surface area contributed by atoms with Crippen molar-refractivity contribution >= 4 is 51.4 Å². The fourth-order valence-corrected chi connectivity index (χ4v) is 2.99. The van der Waals surface area contributed by atoms with Gasteiger partial charge in [0.05, 0.1) is 18.6 Å². The van der Waals surface area contributed by atoms with Gasteiger partial charge >= 0.3 is 0 Å². The first-order chi connectivity index (χ1) is 11.6. The van der Waals surface area contributed by atoms with Crippen LogP contribution in [0, 0.1) is 0 Å². The molecule has 0 aliphatic carbocycles. The quantitative estimate of drug-likeness (QED) is 0.394. The highest BCUT2D eigenvalue weighted by atomic mass is 79.9. The normalized spacial score (nSPS) is 10.8. The molecule has 1 amide bonds. The molecule has 0 aromatic heterocycles. The molecule has 0 spiro atoms. The van der Waals surface area contributed by atoms with E-state index in [1.807, 2.05) is 37.3 Å². The Hall–Kier alpha value is -1.50. The SMILES string of the molecule is CCOc1ccc(Br)cc1/C=N/NC(=O)CSc1ccc(Cl)cc1. The van der Waals surface area contributed by atoms with Crippen molar-refractivity contribution in [1.29, 1.82) is 0 Å². The summed E-state index contributed by atoms with van der Waals surface area (Å²) in [4.78, 5) is 12.8. The van der Waals surface area contributed by atoms with Crippen molar-refractivity contribution in [3.05, 3.63) is 57.5 Å². The van der Waals surface area contributed by atoms with E-state index in [1.165, 1.54) is 11.8 Å². The second-order valence-corrected chi connectivity index (χ2v) is 7.05. The number of nitrogens with zero attached hydrogens (tertiary/aromatic N) is 1. The first-order valence-corrected chi connectivity index (χ1v) is 9.36. The summed E-state index contributed by atoms with van der Waals surface area (Å²) in [5, 5.41) is 4.67. The summed E-state index contributed by atoms with van der Waals surface area (Å²) in [6.07, 6.45) is 1.57. The lowest BCUT2D eigenvalue weighted by molar-refractivity contribution is -0.118. The zero-order valence-electron chi connectivity index (χ0n) is 13.0. The summed E-state index contributed by atoms with van der Waals surface area (Å²) in [7, 11) is 0. The van der Waals surface area contributed by atoms with E-state index < -0.39 is 0 Å². The molecule has 0 aliphatic heterocycles. The molecule has 4 nitrogen and oxygen atoms in total. The van der Waals surface area contributed by atoms with Gasteiger partial charge in [-0.05, 0) is 49.4 Å². The number of halogens is 2. The zero-order valence-corrected chi connectivity index (χ0v) is 16.1. The number of hydrogen-bond donors (Lipinski definition) is 1. The fourth-order valence-electron chi connectivity index (χ4n) is 1.79. The lowest BCUT2D eigenvalue weighted by Gasteiger charge is -2.07. The van der Waals surface area contributed by atoms with E-state index in [4.69, 9.17) is 16.3 Å². The monoisotopic (exact) mass is 426 g/mol. The van der Waals surface area contributed by atoms with Crippen LogP contribution in [-0.2, 0) is 4.79 Å². The number of amides is 1. The number of rotatable bonds is 7. The molecular formula is C17H16BrClN2O2S. The second kappa shape index (κ2) is 9.71. The van der Waals surface area contributed by atoms with Gasteiger partial charge in [0.25, 0.3) is 0 Å². The Morgan fingerprint density at radius 3 is 2.79 bits per heavy atom. The molecule has 24 heavy (non-hydrogen) atoms. The molecule has 2 rings (SSSR count). The number of benzene rings is 2. The number of thioether (sulfide) groups is 1. The van der Waals surface area contributed by atoms with Crippen LogP contribution in [0.4, 0.5) is 0 Å². The first kappa shape index (κ1) is 18.8. The summed E-state index contributed by atoms with van der Waals surface area (Å²) in [6.45, 7) is 2.48. The van der Waals surface area contributed by atoms with Crippen LogP contribution >= 0.6 is 39.3 Å². The maximum atomic E-state index is 11.8. The molecule has 0 fully saturated rings. The number of carbonyl (C=O) groups is 1. The van der Waals surface area contributed by atoms with E-state index in [2.05, 4.69) is 26.5 Å². The van der Waals surface area contributed by atoms with Crippen molar-refractivity contribution in [2.24, 2.45) is 5.10 Å². The van der Waals surface area contributed by atoms with Crippen LogP contribution in [0.1, 0.15) is 12.5 Å². The maximum absolute atomic E-state index is 11.8. The highest BCUT2D eigenvalue weighted by Crippen LogP contribution is 2.22. The number of ether oxygens (including phenoxy) is 1. The van der Waals surface area contributed by atoms with Gasteiger partial charge in [-0.1, -0.05) is 27.5 Å². The Bertz CT molecular complexity index is 723. The predicted molar refractivity (Wildman–Crippen MR) is 103 cm³/mol. The van der Waals surface area contributed by atoms with Gasteiger partial charge < -0.3 is 4.74 Å². The van der Waals surface area contributed by atoms with Crippen LogP contribution in [-0.4, -0.2) is 24.5 Å². The molecule has 126 valence electrons. The third-order valence-electron chi connectivity index (χ3n) is 2.85.